The SMILES string of the molecule is CCCCC(=O)NC(=S)Nc1ccc2oc(-c3ccc(O)c(Br)c3)nc2c1. The van der Waals surface area contributed by atoms with Gasteiger partial charge in [-0.05, 0) is 71.0 Å². The number of nitrogens with zero attached hydrogens (tertiary/aromatic N) is 1. The summed E-state index contributed by atoms with van der Waals surface area (Å²) >= 11 is 8.46. The van der Waals surface area contributed by atoms with Gasteiger partial charge in [0.15, 0.2) is 10.7 Å². The molecule has 1 amide bonds. The Hall–Kier alpha value is -2.45. The average Bonchev–Trinajstić information content (AvgIpc) is 3.05. The number of hydrogen-bond acceptors (Lipinski definition) is 5. The molecule has 0 fully saturated rings. The highest BCUT2D eigenvalue weighted by Gasteiger charge is 2.11. The number of rotatable bonds is 5. The lowest BCUT2D eigenvalue weighted by molar-refractivity contribution is -0.119. The van der Waals surface area contributed by atoms with Crippen LogP contribution in [0.25, 0.3) is 22.6 Å². The van der Waals surface area contributed by atoms with E-state index in [1.54, 1.807) is 36.4 Å². The first-order chi connectivity index (χ1) is 13.0. The van der Waals surface area contributed by atoms with E-state index in [-0.39, 0.29) is 16.8 Å². The number of phenolic OH excluding ortho intramolecular Hbond substituents is 1. The van der Waals surface area contributed by atoms with Gasteiger partial charge in [-0.25, -0.2) is 4.98 Å². The molecule has 0 radical (unpaired) electrons. The number of aromatic nitrogens is 1. The topological polar surface area (TPSA) is 87.4 Å². The number of aromatic hydroxyl groups is 1. The van der Waals surface area contributed by atoms with Crippen molar-refractivity contribution in [2.45, 2.75) is 26.2 Å². The standard InChI is InChI=1S/C19H18BrN3O3S/c1-2-3-4-17(25)23-19(27)21-12-6-8-16-14(10-12)22-18(26-16)11-5-7-15(24)13(20)9-11/h5-10,24H,2-4H2,1H3,(H2,21,23,25,27). The normalized spacial score (nSPS) is 10.7. The number of halogens is 1. The van der Waals surface area contributed by atoms with Crippen LogP contribution >= 0.6 is 28.1 Å². The molecule has 0 saturated carbocycles. The highest BCUT2D eigenvalue weighted by molar-refractivity contribution is 9.10. The van der Waals surface area contributed by atoms with Gasteiger partial charge in [-0.3, -0.25) is 4.79 Å². The maximum Gasteiger partial charge on any atom is 0.227 e. The molecule has 3 aromatic rings. The van der Waals surface area contributed by atoms with Crippen LogP contribution in [0.3, 0.4) is 0 Å². The summed E-state index contributed by atoms with van der Waals surface area (Å²) < 4.78 is 6.34. The van der Waals surface area contributed by atoms with E-state index < -0.39 is 0 Å². The van der Waals surface area contributed by atoms with E-state index >= 15 is 0 Å². The van der Waals surface area contributed by atoms with E-state index in [4.69, 9.17) is 16.6 Å². The number of phenols is 1. The number of unbranched alkanes of at least 4 members (excludes halogenated alkanes) is 1. The Kier molecular flexibility index (Phi) is 6.08. The summed E-state index contributed by atoms with van der Waals surface area (Å²) in [6.45, 7) is 2.03. The van der Waals surface area contributed by atoms with E-state index in [1.165, 1.54) is 0 Å². The molecule has 27 heavy (non-hydrogen) atoms. The van der Waals surface area contributed by atoms with Crippen molar-refractivity contribution in [3.63, 3.8) is 0 Å². The molecule has 0 unspecified atom stereocenters. The Balaban J connectivity index is 1.74. The molecule has 8 heteroatoms. The minimum atomic E-state index is -0.0999. The van der Waals surface area contributed by atoms with Gasteiger partial charge >= 0.3 is 0 Å². The summed E-state index contributed by atoms with van der Waals surface area (Å²) in [6.07, 6.45) is 2.23. The highest BCUT2D eigenvalue weighted by atomic mass is 79.9. The first-order valence-corrected chi connectivity index (χ1v) is 9.66. The third-order valence-corrected chi connectivity index (χ3v) is 4.69. The fraction of sp³-hybridized carbons (Fsp3) is 0.211. The average molecular weight is 448 g/mol. The molecule has 140 valence electrons. The van der Waals surface area contributed by atoms with Gasteiger partial charge in [0.05, 0.1) is 4.47 Å². The van der Waals surface area contributed by atoms with Crippen LogP contribution in [-0.4, -0.2) is 21.1 Å². The predicted molar refractivity (Wildman–Crippen MR) is 113 cm³/mol. The number of oxazole rings is 1. The lowest BCUT2D eigenvalue weighted by Gasteiger charge is -2.09. The molecule has 0 aliphatic heterocycles. The number of anilines is 1. The lowest BCUT2D eigenvalue weighted by atomic mass is 10.2. The first-order valence-electron chi connectivity index (χ1n) is 8.46. The van der Waals surface area contributed by atoms with Crippen LogP contribution in [0, 0.1) is 0 Å². The number of nitrogens with one attached hydrogen (secondary N) is 2. The molecule has 0 atom stereocenters. The van der Waals surface area contributed by atoms with E-state index in [1.807, 2.05) is 6.92 Å². The van der Waals surface area contributed by atoms with Crippen molar-refractivity contribution in [1.82, 2.24) is 10.3 Å². The smallest absolute Gasteiger partial charge is 0.227 e. The van der Waals surface area contributed by atoms with Gasteiger partial charge in [0, 0.05) is 17.7 Å². The summed E-state index contributed by atoms with van der Waals surface area (Å²) in [5, 5.41) is 15.5. The van der Waals surface area contributed by atoms with Crippen LogP contribution < -0.4 is 10.6 Å². The molecule has 0 saturated heterocycles. The van der Waals surface area contributed by atoms with E-state index in [9.17, 15) is 9.90 Å². The summed E-state index contributed by atoms with van der Waals surface area (Å²) in [5.41, 5.74) is 2.72. The fourth-order valence-electron chi connectivity index (χ4n) is 2.46. The number of benzene rings is 2. The Morgan fingerprint density at radius 1 is 1.30 bits per heavy atom. The van der Waals surface area contributed by atoms with Gasteiger partial charge in [0.1, 0.15) is 11.3 Å². The molecule has 3 N–H and O–H groups in total. The second-order valence-electron chi connectivity index (χ2n) is 5.97. The lowest BCUT2D eigenvalue weighted by Crippen LogP contribution is -2.33. The molecular weight excluding hydrogens is 430 g/mol. The maximum absolute atomic E-state index is 11.7. The first kappa shape index (κ1) is 19.3. The van der Waals surface area contributed by atoms with Crippen molar-refractivity contribution in [2.75, 3.05) is 5.32 Å². The van der Waals surface area contributed by atoms with E-state index in [0.717, 1.165) is 18.4 Å². The summed E-state index contributed by atoms with van der Waals surface area (Å²) in [5.74, 6) is 0.492. The number of hydrogen-bond donors (Lipinski definition) is 3. The highest BCUT2D eigenvalue weighted by Crippen LogP contribution is 2.31. The molecule has 0 spiro atoms. The van der Waals surface area contributed by atoms with Crippen LogP contribution in [0.5, 0.6) is 5.75 Å². The quantitative estimate of drug-likeness (QED) is 0.478. The van der Waals surface area contributed by atoms with E-state index in [2.05, 4.69) is 31.5 Å². The third kappa shape index (κ3) is 4.84. The monoisotopic (exact) mass is 447 g/mol. The molecule has 3 rings (SSSR count). The number of carbonyl (C=O) groups is 1. The van der Waals surface area contributed by atoms with Crippen molar-refractivity contribution in [2.24, 2.45) is 0 Å². The van der Waals surface area contributed by atoms with Crippen molar-refractivity contribution in [3.8, 4) is 17.2 Å². The zero-order valence-corrected chi connectivity index (χ0v) is 17.0. The molecule has 1 aromatic heterocycles. The second-order valence-corrected chi connectivity index (χ2v) is 7.24. The Labute approximate surface area is 170 Å². The van der Waals surface area contributed by atoms with Gasteiger partial charge in [0.2, 0.25) is 11.8 Å². The van der Waals surface area contributed by atoms with Gasteiger partial charge in [-0.1, -0.05) is 13.3 Å². The van der Waals surface area contributed by atoms with Crippen molar-refractivity contribution >= 4 is 56.0 Å². The minimum Gasteiger partial charge on any atom is -0.507 e. The van der Waals surface area contributed by atoms with Crippen molar-refractivity contribution in [1.29, 1.82) is 0 Å². The van der Waals surface area contributed by atoms with Gasteiger partial charge < -0.3 is 20.2 Å². The fourth-order valence-corrected chi connectivity index (χ4v) is 3.07. The summed E-state index contributed by atoms with van der Waals surface area (Å²) in [7, 11) is 0. The number of thiocarbonyl (C=S) groups is 1. The molecule has 0 bridgehead atoms. The number of carbonyl (C=O) groups excluding carboxylic acids is 1. The zero-order valence-electron chi connectivity index (χ0n) is 14.6. The van der Waals surface area contributed by atoms with Crippen LogP contribution in [0.15, 0.2) is 45.3 Å². The van der Waals surface area contributed by atoms with Crippen LogP contribution in [0.4, 0.5) is 5.69 Å². The van der Waals surface area contributed by atoms with Crippen molar-refractivity contribution < 1.29 is 14.3 Å². The minimum absolute atomic E-state index is 0.0999. The molecule has 2 aromatic carbocycles. The maximum atomic E-state index is 11.7. The van der Waals surface area contributed by atoms with Crippen LogP contribution in [0.1, 0.15) is 26.2 Å². The second kappa shape index (κ2) is 8.49. The predicted octanol–water partition coefficient (Wildman–Crippen LogP) is 4.97. The van der Waals surface area contributed by atoms with Crippen molar-refractivity contribution in [3.05, 3.63) is 40.9 Å². The Bertz CT molecular complexity index is 1000. The number of amides is 1. The summed E-state index contributed by atoms with van der Waals surface area (Å²) in [4.78, 5) is 16.2. The largest absolute Gasteiger partial charge is 0.507 e. The van der Waals surface area contributed by atoms with E-state index in [0.29, 0.717) is 33.6 Å². The van der Waals surface area contributed by atoms with Gasteiger partial charge in [0.25, 0.3) is 0 Å². The van der Waals surface area contributed by atoms with Crippen LogP contribution in [0.2, 0.25) is 0 Å². The van der Waals surface area contributed by atoms with Crippen LogP contribution in [-0.2, 0) is 4.79 Å². The Morgan fingerprint density at radius 2 is 2.11 bits per heavy atom. The summed E-state index contributed by atoms with van der Waals surface area (Å²) in [6, 6.07) is 10.4. The molecule has 1 heterocycles. The zero-order chi connectivity index (χ0) is 19.4. The molecule has 6 nitrogen and oxygen atoms in total. The molecule has 0 aliphatic rings. The van der Waals surface area contributed by atoms with Gasteiger partial charge in [-0.15, -0.1) is 0 Å². The van der Waals surface area contributed by atoms with Gasteiger partial charge in [-0.2, -0.15) is 0 Å². The Morgan fingerprint density at radius 3 is 2.85 bits per heavy atom. The third-order valence-electron chi connectivity index (χ3n) is 3.85. The number of fused-ring (bicyclic) bond motifs is 1. The molecule has 0 aliphatic carbocycles. The molecular formula is C19H18BrN3O3S.